The van der Waals surface area contributed by atoms with Crippen molar-refractivity contribution in [2.45, 2.75) is 37.6 Å². The van der Waals surface area contributed by atoms with Crippen LogP contribution in [-0.2, 0) is 15.0 Å². The first-order chi connectivity index (χ1) is 8.99. The van der Waals surface area contributed by atoms with E-state index >= 15 is 0 Å². The number of carboxylic acid groups (broad SMARTS) is 1. The lowest BCUT2D eigenvalue weighted by molar-refractivity contribution is -0.142. The number of halogens is 1. The van der Waals surface area contributed by atoms with Crippen LogP contribution in [0.15, 0.2) is 24.3 Å². The van der Waals surface area contributed by atoms with Crippen LogP contribution < -0.4 is 5.32 Å². The topological polar surface area (TPSA) is 66.4 Å². The van der Waals surface area contributed by atoms with Gasteiger partial charge in [-0.05, 0) is 37.0 Å². The first-order valence-corrected chi connectivity index (χ1v) is 6.67. The molecule has 1 unspecified atom stereocenters. The molecule has 5 heteroatoms. The van der Waals surface area contributed by atoms with E-state index in [1.165, 1.54) is 0 Å². The van der Waals surface area contributed by atoms with Gasteiger partial charge < -0.3 is 10.4 Å². The second kappa shape index (κ2) is 5.21. The minimum atomic E-state index is -1.00. The van der Waals surface area contributed by atoms with Crippen molar-refractivity contribution in [2.75, 3.05) is 0 Å². The van der Waals surface area contributed by atoms with Crippen molar-refractivity contribution in [3.8, 4) is 0 Å². The highest BCUT2D eigenvalue weighted by Gasteiger charge is 2.51. The highest BCUT2D eigenvalue weighted by molar-refractivity contribution is 6.30. The number of aliphatic carboxylic acids is 1. The van der Waals surface area contributed by atoms with Crippen molar-refractivity contribution in [3.05, 3.63) is 34.9 Å². The van der Waals surface area contributed by atoms with Gasteiger partial charge in [0, 0.05) is 5.02 Å². The third kappa shape index (κ3) is 2.73. The van der Waals surface area contributed by atoms with Crippen molar-refractivity contribution in [1.29, 1.82) is 0 Å². The predicted octanol–water partition coefficient (Wildman–Crippen LogP) is 2.35. The lowest BCUT2D eigenvalue weighted by atomic mass is 9.94. The zero-order chi connectivity index (χ0) is 14.0. The highest BCUT2D eigenvalue weighted by Crippen LogP contribution is 2.48. The summed E-state index contributed by atoms with van der Waals surface area (Å²) in [6.45, 7) is 1.73. The van der Waals surface area contributed by atoms with Gasteiger partial charge in [0.15, 0.2) is 0 Å². The molecule has 1 atom stereocenters. The molecule has 0 spiro atoms. The standard InChI is InChI=1S/C14H16ClNO3/c1-2-11(12(17)18)16-13(19)14(6-7-14)9-4-3-5-10(15)8-9/h3-5,8,11H,2,6-7H2,1H3,(H,16,19)(H,17,18). The van der Waals surface area contributed by atoms with E-state index < -0.39 is 17.4 Å². The van der Waals surface area contributed by atoms with Crippen molar-refractivity contribution >= 4 is 23.5 Å². The predicted molar refractivity (Wildman–Crippen MR) is 72.2 cm³/mol. The largest absolute Gasteiger partial charge is 0.480 e. The summed E-state index contributed by atoms with van der Waals surface area (Å²) in [6.07, 6.45) is 1.83. The molecule has 1 aromatic carbocycles. The number of hydrogen-bond donors (Lipinski definition) is 2. The van der Waals surface area contributed by atoms with E-state index in [4.69, 9.17) is 16.7 Å². The Hall–Kier alpha value is -1.55. The van der Waals surface area contributed by atoms with Crippen molar-refractivity contribution in [2.24, 2.45) is 0 Å². The van der Waals surface area contributed by atoms with Crippen LogP contribution >= 0.6 is 11.6 Å². The zero-order valence-electron chi connectivity index (χ0n) is 10.6. The Kier molecular flexibility index (Phi) is 3.80. The van der Waals surface area contributed by atoms with E-state index in [0.717, 1.165) is 18.4 Å². The third-order valence-corrected chi connectivity index (χ3v) is 3.81. The molecular formula is C14H16ClNO3. The van der Waals surface area contributed by atoms with Gasteiger partial charge in [0.1, 0.15) is 6.04 Å². The Morgan fingerprint density at radius 1 is 1.47 bits per heavy atom. The lowest BCUT2D eigenvalue weighted by Gasteiger charge is -2.19. The number of nitrogens with one attached hydrogen (secondary N) is 1. The summed E-state index contributed by atoms with van der Waals surface area (Å²) in [4.78, 5) is 23.3. The average Bonchev–Trinajstić information content (AvgIpc) is 3.16. The Balaban J connectivity index is 2.17. The molecule has 2 rings (SSSR count). The van der Waals surface area contributed by atoms with E-state index in [2.05, 4.69) is 5.32 Å². The van der Waals surface area contributed by atoms with Crippen LogP contribution in [0.4, 0.5) is 0 Å². The maximum Gasteiger partial charge on any atom is 0.326 e. The third-order valence-electron chi connectivity index (χ3n) is 3.57. The fourth-order valence-corrected chi connectivity index (χ4v) is 2.38. The van der Waals surface area contributed by atoms with Crippen LogP contribution in [0, 0.1) is 0 Å². The number of carbonyl (C=O) groups is 2. The highest BCUT2D eigenvalue weighted by atomic mass is 35.5. The molecule has 4 nitrogen and oxygen atoms in total. The molecule has 19 heavy (non-hydrogen) atoms. The van der Waals surface area contributed by atoms with Gasteiger partial charge in [0.25, 0.3) is 0 Å². The molecule has 0 saturated heterocycles. The summed E-state index contributed by atoms with van der Waals surface area (Å²) in [5, 5.41) is 12.2. The Morgan fingerprint density at radius 3 is 2.63 bits per heavy atom. The quantitative estimate of drug-likeness (QED) is 0.871. The summed E-state index contributed by atoms with van der Waals surface area (Å²) in [5.41, 5.74) is 0.270. The van der Waals surface area contributed by atoms with E-state index in [1.54, 1.807) is 25.1 Å². The van der Waals surface area contributed by atoms with Gasteiger partial charge in [-0.1, -0.05) is 30.7 Å². The van der Waals surface area contributed by atoms with Crippen molar-refractivity contribution < 1.29 is 14.7 Å². The van der Waals surface area contributed by atoms with Crippen LogP contribution in [0.25, 0.3) is 0 Å². The Bertz CT molecular complexity index is 511. The van der Waals surface area contributed by atoms with E-state index in [9.17, 15) is 9.59 Å². The molecule has 0 heterocycles. The Morgan fingerprint density at radius 2 is 2.16 bits per heavy atom. The summed E-state index contributed by atoms with van der Waals surface area (Å²) >= 11 is 5.94. The molecule has 1 aromatic rings. The van der Waals surface area contributed by atoms with Crippen LogP contribution in [0.1, 0.15) is 31.7 Å². The summed E-state index contributed by atoms with van der Waals surface area (Å²) in [5.74, 6) is -1.22. The number of amides is 1. The Labute approximate surface area is 116 Å². The molecule has 102 valence electrons. The first-order valence-electron chi connectivity index (χ1n) is 6.29. The molecule has 1 aliphatic rings. The first kappa shape index (κ1) is 13.9. The van der Waals surface area contributed by atoms with Crippen LogP contribution in [0.5, 0.6) is 0 Å². The minimum absolute atomic E-state index is 0.219. The van der Waals surface area contributed by atoms with Gasteiger partial charge in [0.05, 0.1) is 5.41 Å². The average molecular weight is 282 g/mol. The molecule has 1 amide bonds. The van der Waals surface area contributed by atoms with Gasteiger partial charge in [0.2, 0.25) is 5.91 Å². The van der Waals surface area contributed by atoms with Gasteiger partial charge in [-0.2, -0.15) is 0 Å². The van der Waals surface area contributed by atoms with E-state index in [0.29, 0.717) is 11.4 Å². The molecule has 0 aromatic heterocycles. The summed E-state index contributed by atoms with van der Waals surface area (Å²) in [7, 11) is 0. The molecule has 1 fully saturated rings. The van der Waals surface area contributed by atoms with Gasteiger partial charge in [-0.15, -0.1) is 0 Å². The smallest absolute Gasteiger partial charge is 0.326 e. The van der Waals surface area contributed by atoms with E-state index in [-0.39, 0.29) is 5.91 Å². The maximum atomic E-state index is 12.3. The number of hydrogen-bond acceptors (Lipinski definition) is 2. The van der Waals surface area contributed by atoms with Crippen LogP contribution in [-0.4, -0.2) is 23.0 Å². The molecule has 0 aliphatic heterocycles. The van der Waals surface area contributed by atoms with Crippen molar-refractivity contribution in [1.82, 2.24) is 5.32 Å². The fourth-order valence-electron chi connectivity index (χ4n) is 2.19. The molecule has 1 aliphatic carbocycles. The summed E-state index contributed by atoms with van der Waals surface area (Å²) < 4.78 is 0. The van der Waals surface area contributed by atoms with Gasteiger partial charge in [-0.3, -0.25) is 4.79 Å². The van der Waals surface area contributed by atoms with Crippen LogP contribution in [0.3, 0.4) is 0 Å². The molecule has 0 bridgehead atoms. The van der Waals surface area contributed by atoms with Crippen LogP contribution in [0.2, 0.25) is 5.02 Å². The molecule has 1 saturated carbocycles. The number of carboxylic acids is 1. The normalized spacial score (nSPS) is 17.6. The second-order valence-corrected chi connectivity index (χ2v) is 5.30. The molecule has 2 N–H and O–H groups in total. The zero-order valence-corrected chi connectivity index (χ0v) is 11.4. The van der Waals surface area contributed by atoms with Gasteiger partial charge >= 0.3 is 5.97 Å². The number of rotatable bonds is 5. The van der Waals surface area contributed by atoms with E-state index in [1.807, 2.05) is 6.07 Å². The second-order valence-electron chi connectivity index (χ2n) is 4.86. The minimum Gasteiger partial charge on any atom is -0.480 e. The van der Waals surface area contributed by atoms with Gasteiger partial charge in [-0.25, -0.2) is 4.79 Å². The molecule has 0 radical (unpaired) electrons. The van der Waals surface area contributed by atoms with Crippen molar-refractivity contribution in [3.63, 3.8) is 0 Å². The molecular weight excluding hydrogens is 266 g/mol. The number of carbonyl (C=O) groups excluding carboxylic acids is 1. The monoisotopic (exact) mass is 281 g/mol. The fraction of sp³-hybridized carbons (Fsp3) is 0.429. The lowest BCUT2D eigenvalue weighted by Crippen LogP contribution is -2.45. The SMILES string of the molecule is CCC(NC(=O)C1(c2cccc(Cl)c2)CC1)C(=O)O. The summed E-state index contributed by atoms with van der Waals surface area (Å²) in [6, 6.07) is 6.37. The number of benzene rings is 1. The maximum absolute atomic E-state index is 12.3.